The van der Waals surface area contributed by atoms with Gasteiger partial charge >= 0.3 is 0 Å². The first-order chi connectivity index (χ1) is 14.9. The maximum Gasteiger partial charge on any atom is 0.170 e. The Labute approximate surface area is 186 Å². The van der Waals surface area contributed by atoms with Gasteiger partial charge in [-0.25, -0.2) is 4.39 Å². The number of aromatic nitrogens is 1. The molecule has 0 amide bonds. The number of ketones is 2. The lowest BCUT2D eigenvalue weighted by atomic mass is 9.72. The number of hydrogen-bond donors (Lipinski definition) is 0. The van der Waals surface area contributed by atoms with E-state index in [1.54, 1.807) is 42.6 Å². The molecular weight excluding hydrogens is 413 g/mol. The summed E-state index contributed by atoms with van der Waals surface area (Å²) < 4.78 is 13.8. The van der Waals surface area contributed by atoms with Crippen LogP contribution < -0.4 is 0 Å². The number of hydrogen-bond acceptors (Lipinski definition) is 3. The molecule has 1 aromatic heterocycles. The fraction of sp³-hybridized carbons (Fsp3) is 0.346. The average Bonchev–Trinajstić information content (AvgIpc) is 2.78. The lowest BCUT2D eigenvalue weighted by Crippen LogP contribution is -2.26. The lowest BCUT2D eigenvalue weighted by Gasteiger charge is -2.32. The molecule has 31 heavy (non-hydrogen) atoms. The monoisotopic (exact) mass is 437 g/mol. The first kappa shape index (κ1) is 21.6. The number of carbonyl (C=O) groups is 2. The highest BCUT2D eigenvalue weighted by molar-refractivity contribution is 6.30. The molecule has 4 rings (SSSR count). The predicted octanol–water partition coefficient (Wildman–Crippen LogP) is 6.78. The van der Waals surface area contributed by atoms with Gasteiger partial charge in [0, 0.05) is 28.1 Å². The van der Waals surface area contributed by atoms with Gasteiger partial charge in [0.25, 0.3) is 0 Å². The van der Waals surface area contributed by atoms with Crippen molar-refractivity contribution < 1.29 is 14.0 Å². The van der Waals surface area contributed by atoms with Crippen LogP contribution >= 0.6 is 11.6 Å². The van der Waals surface area contributed by atoms with Gasteiger partial charge in [0.2, 0.25) is 0 Å². The van der Waals surface area contributed by atoms with Crippen LogP contribution in [0.1, 0.15) is 60.9 Å². The Kier molecular flexibility index (Phi) is 6.47. The maximum absolute atomic E-state index is 13.8. The zero-order chi connectivity index (χ0) is 22.0. The summed E-state index contributed by atoms with van der Waals surface area (Å²) >= 11 is 5.87. The molecule has 1 aliphatic rings. The van der Waals surface area contributed by atoms with Crippen LogP contribution in [-0.2, 0) is 4.79 Å². The first-order valence-corrected chi connectivity index (χ1v) is 11.2. The molecular formula is C26H25ClFNO2. The van der Waals surface area contributed by atoms with Gasteiger partial charge in [0.05, 0.1) is 11.9 Å². The van der Waals surface area contributed by atoms with Crippen molar-refractivity contribution in [2.45, 2.75) is 44.9 Å². The van der Waals surface area contributed by atoms with E-state index in [9.17, 15) is 14.0 Å². The summed E-state index contributed by atoms with van der Waals surface area (Å²) in [7, 11) is 0. The highest BCUT2D eigenvalue weighted by Crippen LogP contribution is 2.41. The van der Waals surface area contributed by atoms with Crippen LogP contribution in [0.5, 0.6) is 0 Å². The van der Waals surface area contributed by atoms with Crippen LogP contribution in [0.4, 0.5) is 4.39 Å². The molecule has 5 heteroatoms. The van der Waals surface area contributed by atoms with Gasteiger partial charge in [-0.1, -0.05) is 18.5 Å². The predicted molar refractivity (Wildman–Crippen MR) is 121 cm³/mol. The van der Waals surface area contributed by atoms with Crippen molar-refractivity contribution >= 4 is 34.1 Å². The van der Waals surface area contributed by atoms with Gasteiger partial charge < -0.3 is 0 Å². The van der Waals surface area contributed by atoms with E-state index in [4.69, 9.17) is 11.6 Å². The van der Waals surface area contributed by atoms with Gasteiger partial charge in [-0.05, 0) is 91.6 Å². The van der Waals surface area contributed by atoms with Gasteiger partial charge in [-0.2, -0.15) is 0 Å². The molecule has 0 aliphatic heterocycles. The van der Waals surface area contributed by atoms with Crippen molar-refractivity contribution in [2.24, 2.45) is 11.8 Å². The van der Waals surface area contributed by atoms with E-state index in [0.717, 1.165) is 42.1 Å². The van der Waals surface area contributed by atoms with Gasteiger partial charge in [0.1, 0.15) is 11.6 Å². The number of fused-ring (bicyclic) bond motifs is 1. The van der Waals surface area contributed by atoms with Crippen molar-refractivity contribution in [2.75, 3.05) is 0 Å². The molecule has 1 atom stereocenters. The second kappa shape index (κ2) is 9.27. The van der Waals surface area contributed by atoms with E-state index < -0.39 is 0 Å². The van der Waals surface area contributed by atoms with E-state index in [1.807, 2.05) is 13.0 Å². The van der Waals surface area contributed by atoms with Crippen molar-refractivity contribution in [3.8, 4) is 0 Å². The summed E-state index contributed by atoms with van der Waals surface area (Å²) in [5.74, 6) is 0.0457. The third kappa shape index (κ3) is 4.85. The zero-order valence-electron chi connectivity index (χ0n) is 17.5. The van der Waals surface area contributed by atoms with Crippen LogP contribution in [0.2, 0.25) is 5.02 Å². The number of rotatable bonds is 6. The zero-order valence-corrected chi connectivity index (χ0v) is 18.2. The first-order valence-electron chi connectivity index (χ1n) is 10.8. The molecule has 1 heterocycles. The van der Waals surface area contributed by atoms with Crippen molar-refractivity contribution in [3.63, 3.8) is 0 Å². The van der Waals surface area contributed by atoms with Gasteiger partial charge in [-0.15, -0.1) is 0 Å². The topological polar surface area (TPSA) is 47.0 Å². The molecule has 3 nitrogen and oxygen atoms in total. The summed E-state index contributed by atoms with van der Waals surface area (Å²) in [6.45, 7) is 1.94. The maximum atomic E-state index is 13.8. The number of benzene rings is 2. The van der Waals surface area contributed by atoms with Crippen LogP contribution in [0, 0.1) is 17.7 Å². The number of halogens is 2. The number of nitrogens with zero attached hydrogens (tertiary/aromatic N) is 1. The molecule has 0 radical (unpaired) electrons. The molecule has 0 N–H and O–H groups in total. The van der Waals surface area contributed by atoms with E-state index in [2.05, 4.69) is 4.98 Å². The van der Waals surface area contributed by atoms with E-state index in [0.29, 0.717) is 16.5 Å². The molecule has 1 unspecified atom stereocenters. The Balaban J connectivity index is 1.38. The minimum atomic E-state index is -0.250. The van der Waals surface area contributed by atoms with E-state index >= 15 is 0 Å². The van der Waals surface area contributed by atoms with Crippen molar-refractivity contribution in [3.05, 3.63) is 76.7 Å². The van der Waals surface area contributed by atoms with Crippen LogP contribution in [0.3, 0.4) is 0 Å². The second-order valence-electron chi connectivity index (χ2n) is 8.54. The summed E-state index contributed by atoms with van der Waals surface area (Å²) in [6, 6.07) is 13.4. The van der Waals surface area contributed by atoms with E-state index in [-0.39, 0.29) is 35.6 Å². The van der Waals surface area contributed by atoms with Gasteiger partial charge in [0.15, 0.2) is 5.78 Å². The minimum Gasteiger partial charge on any atom is -0.299 e. The molecule has 160 valence electrons. The Bertz CT molecular complexity index is 1100. The number of pyridine rings is 1. The highest BCUT2D eigenvalue weighted by Gasteiger charge is 2.31. The molecule has 0 saturated heterocycles. The molecule has 0 bridgehead atoms. The Morgan fingerprint density at radius 3 is 2.48 bits per heavy atom. The minimum absolute atomic E-state index is 0.000156. The number of carbonyl (C=O) groups excluding carboxylic acids is 2. The summed E-state index contributed by atoms with van der Waals surface area (Å²) in [6.07, 6.45) is 5.46. The van der Waals surface area contributed by atoms with Crippen LogP contribution in [0.25, 0.3) is 10.9 Å². The highest BCUT2D eigenvalue weighted by atomic mass is 35.5. The van der Waals surface area contributed by atoms with E-state index in [1.165, 1.54) is 6.07 Å². The normalized spacial score (nSPS) is 19.8. The van der Waals surface area contributed by atoms with Crippen LogP contribution in [-0.4, -0.2) is 16.6 Å². The van der Waals surface area contributed by atoms with Crippen LogP contribution in [0.15, 0.2) is 54.7 Å². The second-order valence-corrected chi connectivity index (χ2v) is 8.97. The SMILES string of the molecule is CC(C(=O)CC(=O)c1ccc(Cl)cc1)C1CCC(c2ccnc3ccc(F)cc23)CC1. The average molecular weight is 438 g/mol. The summed E-state index contributed by atoms with van der Waals surface area (Å²) in [5.41, 5.74) is 2.47. The smallest absolute Gasteiger partial charge is 0.170 e. The lowest BCUT2D eigenvalue weighted by molar-refractivity contribution is -0.123. The molecule has 1 aliphatic carbocycles. The Morgan fingerprint density at radius 1 is 1.06 bits per heavy atom. The standard InChI is InChI=1S/C26H25ClFNO2/c1-16(25(30)15-26(31)19-6-8-20(27)9-7-19)17-2-4-18(5-3-17)22-12-13-29-24-11-10-21(28)14-23(22)24/h6-14,16-18H,2-5,15H2,1H3. The quantitative estimate of drug-likeness (QED) is 0.315. The third-order valence-electron chi connectivity index (χ3n) is 6.66. The Hall–Kier alpha value is -2.59. The van der Waals surface area contributed by atoms with Gasteiger partial charge in [-0.3, -0.25) is 14.6 Å². The Morgan fingerprint density at radius 2 is 1.77 bits per heavy atom. The fourth-order valence-corrected chi connectivity index (χ4v) is 4.87. The third-order valence-corrected chi connectivity index (χ3v) is 6.92. The molecule has 1 saturated carbocycles. The number of Topliss-reactive ketones (excluding diaryl/α,β-unsaturated/α-hetero) is 2. The molecule has 2 aromatic carbocycles. The molecule has 1 fully saturated rings. The fourth-order valence-electron chi connectivity index (χ4n) is 4.75. The van der Waals surface area contributed by atoms with Crippen molar-refractivity contribution in [1.29, 1.82) is 0 Å². The van der Waals surface area contributed by atoms with Crippen molar-refractivity contribution in [1.82, 2.24) is 4.98 Å². The summed E-state index contributed by atoms with van der Waals surface area (Å²) in [4.78, 5) is 29.6. The molecule has 3 aromatic rings. The molecule has 0 spiro atoms. The summed E-state index contributed by atoms with van der Waals surface area (Å²) in [5, 5.41) is 1.45. The largest absolute Gasteiger partial charge is 0.299 e.